The van der Waals surface area contributed by atoms with E-state index < -0.39 is 9.85 Å². The molecule has 0 aromatic rings. The molecule has 0 bridgehead atoms. The SMILES string of the molecule is CCCCCCCCCOC(=O)CCCCCCCN(CCCCCCCC(=O)OC(CCCCCCCC)CCCCCCCC)CCCN/C(=C/[N+](=O)[O-])N(C)C.CS/C(=C/[N+](=O)[O-])N(C)C. The quantitative estimate of drug-likeness (QED) is 0.0266. The smallest absolute Gasteiger partial charge is 0.306 e. The first kappa shape index (κ1) is 68.0. The number of hydrogen-bond donors (Lipinski definition) is 1. The molecular weight excluding hydrogens is 893 g/mol. The zero-order valence-corrected chi connectivity index (χ0v) is 46.5. The molecule has 0 radical (unpaired) electrons. The average molecular weight is 1000 g/mol. The van der Waals surface area contributed by atoms with Crippen LogP contribution < -0.4 is 5.32 Å². The van der Waals surface area contributed by atoms with Gasteiger partial charge in [-0.15, -0.1) is 11.8 Å². The molecule has 0 spiro atoms. The standard InChI is InChI=1S/C49H96N4O6.C5H10N2O2S/c1-6-9-12-15-18-27-34-44-58-48(54)38-30-23-19-25-32-41-52(43-35-40-50-47(51(4)5)45-53(56)57)42-33-26-20-24-31-39-49(55)59-46(36-28-21-16-13-10-7-2)37-29-22-17-14-11-8-3;1-6(2)5(10-3)4-7(8)9/h45-46,50H,6-44H2,1-5H3;4H,1-3H3/b47-45-;5-4+. The van der Waals surface area contributed by atoms with Crippen LogP contribution in [0.1, 0.15) is 239 Å². The van der Waals surface area contributed by atoms with E-state index in [1.807, 2.05) is 14.1 Å². The summed E-state index contributed by atoms with van der Waals surface area (Å²) >= 11 is 1.35. The summed E-state index contributed by atoms with van der Waals surface area (Å²) in [5.74, 6) is 0.460. The van der Waals surface area contributed by atoms with Crippen molar-refractivity contribution in [3.8, 4) is 0 Å². The minimum atomic E-state index is -0.453. The van der Waals surface area contributed by atoms with Gasteiger partial charge in [-0.3, -0.25) is 29.8 Å². The lowest BCUT2D eigenvalue weighted by atomic mass is 10.0. The number of nitrogens with zero attached hydrogens (tertiary/aromatic N) is 5. The number of nitro groups is 2. The minimum absolute atomic E-state index is 0.00373. The Morgan fingerprint density at radius 2 is 0.942 bits per heavy atom. The van der Waals surface area contributed by atoms with Gasteiger partial charge in [-0.25, -0.2) is 0 Å². The highest BCUT2D eigenvalue weighted by molar-refractivity contribution is 8.02. The third kappa shape index (κ3) is 49.7. The molecule has 0 aliphatic rings. The van der Waals surface area contributed by atoms with E-state index in [0.29, 0.717) is 36.8 Å². The van der Waals surface area contributed by atoms with Gasteiger partial charge in [0, 0.05) is 47.6 Å². The van der Waals surface area contributed by atoms with E-state index in [1.165, 1.54) is 108 Å². The number of thioether (sulfide) groups is 1. The molecule has 0 heterocycles. The van der Waals surface area contributed by atoms with Crippen LogP contribution in [0.4, 0.5) is 0 Å². The fourth-order valence-electron chi connectivity index (χ4n) is 8.11. The monoisotopic (exact) mass is 999 g/mol. The van der Waals surface area contributed by atoms with Gasteiger partial charge in [0.1, 0.15) is 11.1 Å². The summed E-state index contributed by atoms with van der Waals surface area (Å²) in [4.78, 5) is 51.1. The summed E-state index contributed by atoms with van der Waals surface area (Å²) in [6.07, 6.45) is 42.4. The van der Waals surface area contributed by atoms with Crippen molar-refractivity contribution >= 4 is 23.7 Å². The van der Waals surface area contributed by atoms with E-state index in [2.05, 4.69) is 31.0 Å². The highest BCUT2D eigenvalue weighted by Gasteiger charge is 2.15. The maximum Gasteiger partial charge on any atom is 0.306 e. The largest absolute Gasteiger partial charge is 0.466 e. The summed E-state index contributed by atoms with van der Waals surface area (Å²) in [5.41, 5.74) is 0. The number of carbonyl (C=O) groups is 2. The summed E-state index contributed by atoms with van der Waals surface area (Å²) in [7, 11) is 7.16. The van der Waals surface area contributed by atoms with Gasteiger partial charge in [0.2, 0.25) is 0 Å². The lowest BCUT2D eigenvalue weighted by Gasteiger charge is -2.23. The second-order valence-corrected chi connectivity index (χ2v) is 20.1. The molecule has 0 rings (SSSR count). The number of ether oxygens (including phenoxy) is 2. The highest BCUT2D eigenvalue weighted by atomic mass is 32.2. The molecule has 0 fully saturated rings. The molecule has 0 unspecified atom stereocenters. The van der Waals surface area contributed by atoms with Crippen LogP contribution in [-0.4, -0.2) is 110 Å². The highest BCUT2D eigenvalue weighted by Crippen LogP contribution is 2.19. The van der Waals surface area contributed by atoms with Gasteiger partial charge in [-0.2, -0.15) is 0 Å². The van der Waals surface area contributed by atoms with Gasteiger partial charge in [0.25, 0.3) is 12.4 Å². The Kier molecular flexibility index (Phi) is 50.6. The first-order valence-corrected chi connectivity index (χ1v) is 28.9. The molecule has 14 nitrogen and oxygen atoms in total. The first-order chi connectivity index (χ1) is 33.3. The average Bonchev–Trinajstić information content (AvgIpc) is 3.30. The summed E-state index contributed by atoms with van der Waals surface area (Å²) < 4.78 is 11.5. The van der Waals surface area contributed by atoms with Crippen LogP contribution in [0.15, 0.2) is 23.2 Å². The molecule has 0 aliphatic carbocycles. The number of rotatable bonds is 49. The lowest BCUT2D eigenvalue weighted by molar-refractivity contribution is -0.404. The van der Waals surface area contributed by atoms with Gasteiger partial charge in [-0.05, 0) is 90.1 Å². The molecule has 69 heavy (non-hydrogen) atoms. The molecule has 0 saturated heterocycles. The second-order valence-electron chi connectivity index (χ2n) is 19.3. The van der Waals surface area contributed by atoms with Crippen molar-refractivity contribution in [2.75, 3.05) is 67.2 Å². The minimum Gasteiger partial charge on any atom is -0.466 e. The van der Waals surface area contributed by atoms with E-state index in [9.17, 15) is 29.8 Å². The summed E-state index contributed by atoms with van der Waals surface area (Å²) in [6, 6.07) is 0. The predicted molar refractivity (Wildman–Crippen MR) is 290 cm³/mol. The lowest BCUT2D eigenvalue weighted by Crippen LogP contribution is -2.32. The molecular formula is C54H106N6O8S. The number of esters is 2. The van der Waals surface area contributed by atoms with Crippen molar-refractivity contribution in [3.05, 3.63) is 43.5 Å². The molecule has 0 aromatic carbocycles. The summed E-state index contributed by atoms with van der Waals surface area (Å²) in [5, 5.41) is 24.9. The molecule has 0 saturated carbocycles. The number of hydrogen-bond acceptors (Lipinski definition) is 13. The molecule has 0 aromatic heterocycles. The van der Waals surface area contributed by atoms with Crippen LogP contribution in [0.3, 0.4) is 0 Å². The zero-order valence-electron chi connectivity index (χ0n) is 45.7. The van der Waals surface area contributed by atoms with Gasteiger partial charge >= 0.3 is 11.9 Å². The number of carbonyl (C=O) groups excluding carboxylic acids is 2. The van der Waals surface area contributed by atoms with E-state index in [0.717, 1.165) is 141 Å². The normalized spacial score (nSPS) is 11.7. The number of unbranched alkanes of at least 4 members (excludes halogenated alkanes) is 24. The molecule has 0 atom stereocenters. The Morgan fingerprint density at radius 3 is 1.36 bits per heavy atom. The van der Waals surface area contributed by atoms with Gasteiger partial charge < -0.3 is 29.5 Å². The Morgan fingerprint density at radius 1 is 0.536 bits per heavy atom. The van der Waals surface area contributed by atoms with Crippen molar-refractivity contribution < 1.29 is 28.9 Å². The maximum atomic E-state index is 12.8. The van der Waals surface area contributed by atoms with Crippen LogP contribution in [-0.2, 0) is 19.1 Å². The molecule has 1 N–H and O–H groups in total. The Bertz CT molecular complexity index is 1270. The number of nitrogens with one attached hydrogen (secondary N) is 1. The fourth-order valence-corrected chi connectivity index (χ4v) is 8.67. The Hall–Kier alpha value is -3.07. The summed E-state index contributed by atoms with van der Waals surface area (Å²) in [6.45, 7) is 11.0. The predicted octanol–water partition coefficient (Wildman–Crippen LogP) is 14.3. The van der Waals surface area contributed by atoms with E-state index in [1.54, 1.807) is 30.2 Å². The van der Waals surface area contributed by atoms with E-state index in [-0.39, 0.29) is 18.0 Å². The molecule has 0 amide bonds. The van der Waals surface area contributed by atoms with Gasteiger partial charge in [0.05, 0.1) is 16.5 Å². The Balaban J connectivity index is 0. The zero-order chi connectivity index (χ0) is 51.6. The van der Waals surface area contributed by atoms with Crippen molar-refractivity contribution in [1.29, 1.82) is 0 Å². The van der Waals surface area contributed by atoms with Gasteiger partial charge in [0.15, 0.2) is 5.82 Å². The van der Waals surface area contributed by atoms with Crippen molar-refractivity contribution in [2.24, 2.45) is 0 Å². The topological polar surface area (TPSA) is 161 Å². The fraction of sp³-hybridized carbons (Fsp3) is 0.889. The van der Waals surface area contributed by atoms with Crippen LogP contribution in [0.5, 0.6) is 0 Å². The maximum absolute atomic E-state index is 12.8. The Labute approximate surface area is 427 Å². The third-order valence-electron chi connectivity index (χ3n) is 12.3. The van der Waals surface area contributed by atoms with Crippen LogP contribution >= 0.6 is 11.8 Å². The van der Waals surface area contributed by atoms with Crippen LogP contribution in [0.2, 0.25) is 0 Å². The van der Waals surface area contributed by atoms with Gasteiger partial charge in [-0.1, -0.05) is 162 Å². The van der Waals surface area contributed by atoms with Crippen molar-refractivity contribution in [3.63, 3.8) is 0 Å². The van der Waals surface area contributed by atoms with E-state index in [4.69, 9.17) is 9.47 Å². The second kappa shape index (κ2) is 51.3. The van der Waals surface area contributed by atoms with E-state index >= 15 is 0 Å². The molecule has 406 valence electrons. The van der Waals surface area contributed by atoms with Crippen molar-refractivity contribution in [2.45, 2.75) is 245 Å². The van der Waals surface area contributed by atoms with Crippen LogP contribution in [0.25, 0.3) is 0 Å². The van der Waals surface area contributed by atoms with Crippen molar-refractivity contribution in [1.82, 2.24) is 20.0 Å². The third-order valence-corrected chi connectivity index (χ3v) is 13.2. The molecule has 0 aliphatic heterocycles. The molecule has 15 heteroatoms. The first-order valence-electron chi connectivity index (χ1n) is 27.7. The van der Waals surface area contributed by atoms with Crippen LogP contribution in [0, 0.1) is 20.2 Å².